The SMILES string of the molecule is CCOC(=O)N1CCN(C(=O)c2cc(NCCc3ccccc3)ccn2)CC1. The van der Waals surface area contributed by atoms with Crippen LogP contribution in [0.4, 0.5) is 10.5 Å². The fourth-order valence-electron chi connectivity index (χ4n) is 3.12. The van der Waals surface area contributed by atoms with Crippen molar-refractivity contribution in [3.8, 4) is 0 Å². The molecule has 0 bridgehead atoms. The maximum absolute atomic E-state index is 12.8. The van der Waals surface area contributed by atoms with E-state index >= 15 is 0 Å². The van der Waals surface area contributed by atoms with Gasteiger partial charge in [0, 0.05) is 44.6 Å². The molecule has 0 atom stereocenters. The number of pyridine rings is 1. The van der Waals surface area contributed by atoms with Crippen molar-refractivity contribution >= 4 is 17.7 Å². The Labute approximate surface area is 165 Å². The van der Waals surface area contributed by atoms with Crippen LogP contribution in [-0.2, 0) is 11.2 Å². The number of piperazine rings is 1. The monoisotopic (exact) mass is 382 g/mol. The summed E-state index contributed by atoms with van der Waals surface area (Å²) in [7, 11) is 0. The molecule has 1 saturated heterocycles. The molecule has 2 heterocycles. The lowest BCUT2D eigenvalue weighted by Gasteiger charge is -2.33. The van der Waals surface area contributed by atoms with Crippen molar-refractivity contribution in [1.29, 1.82) is 0 Å². The number of ether oxygens (including phenoxy) is 1. The van der Waals surface area contributed by atoms with Crippen LogP contribution in [0.15, 0.2) is 48.7 Å². The van der Waals surface area contributed by atoms with Gasteiger partial charge in [0.1, 0.15) is 5.69 Å². The van der Waals surface area contributed by atoms with Crippen LogP contribution in [0.1, 0.15) is 23.0 Å². The van der Waals surface area contributed by atoms with E-state index in [0.717, 1.165) is 18.7 Å². The number of anilines is 1. The van der Waals surface area contributed by atoms with Gasteiger partial charge in [-0.15, -0.1) is 0 Å². The fraction of sp³-hybridized carbons (Fsp3) is 0.381. The van der Waals surface area contributed by atoms with Crippen molar-refractivity contribution in [1.82, 2.24) is 14.8 Å². The second-order valence-corrected chi connectivity index (χ2v) is 6.57. The zero-order valence-corrected chi connectivity index (χ0v) is 16.1. The highest BCUT2D eigenvalue weighted by Gasteiger charge is 2.26. The van der Waals surface area contributed by atoms with E-state index in [1.807, 2.05) is 24.3 Å². The lowest BCUT2D eigenvalue weighted by molar-refractivity contribution is 0.0566. The van der Waals surface area contributed by atoms with Crippen molar-refractivity contribution in [2.45, 2.75) is 13.3 Å². The molecule has 148 valence electrons. The van der Waals surface area contributed by atoms with E-state index in [-0.39, 0.29) is 12.0 Å². The molecular formula is C21H26N4O3. The molecule has 0 saturated carbocycles. The first-order valence-electron chi connectivity index (χ1n) is 9.62. The average Bonchev–Trinajstić information content (AvgIpc) is 2.74. The van der Waals surface area contributed by atoms with Crippen LogP contribution in [-0.4, -0.2) is 66.1 Å². The number of hydrogen-bond acceptors (Lipinski definition) is 5. The average molecular weight is 382 g/mol. The second-order valence-electron chi connectivity index (χ2n) is 6.57. The third kappa shape index (κ3) is 5.22. The fourth-order valence-corrected chi connectivity index (χ4v) is 3.12. The topological polar surface area (TPSA) is 74.8 Å². The molecule has 7 nitrogen and oxygen atoms in total. The van der Waals surface area contributed by atoms with Crippen molar-refractivity contribution in [3.63, 3.8) is 0 Å². The number of hydrogen-bond donors (Lipinski definition) is 1. The number of benzene rings is 1. The van der Waals surface area contributed by atoms with E-state index in [1.54, 1.807) is 29.0 Å². The lowest BCUT2D eigenvalue weighted by Crippen LogP contribution is -2.50. The highest BCUT2D eigenvalue weighted by molar-refractivity contribution is 5.93. The Morgan fingerprint density at radius 2 is 1.79 bits per heavy atom. The summed E-state index contributed by atoms with van der Waals surface area (Å²) in [5.41, 5.74) is 2.55. The van der Waals surface area contributed by atoms with E-state index in [0.29, 0.717) is 38.5 Å². The highest BCUT2D eigenvalue weighted by Crippen LogP contribution is 2.13. The summed E-state index contributed by atoms with van der Waals surface area (Å²) in [6.45, 7) is 4.81. The first-order valence-corrected chi connectivity index (χ1v) is 9.62. The summed E-state index contributed by atoms with van der Waals surface area (Å²) in [6, 6.07) is 13.9. The number of amides is 2. The molecule has 7 heteroatoms. The predicted octanol–water partition coefficient (Wildman–Crippen LogP) is 2.65. The number of carbonyl (C=O) groups is 2. The number of aromatic nitrogens is 1. The first kappa shape index (κ1) is 19.7. The van der Waals surface area contributed by atoms with Crippen molar-refractivity contribution in [3.05, 3.63) is 59.9 Å². The highest BCUT2D eigenvalue weighted by atomic mass is 16.6. The molecule has 28 heavy (non-hydrogen) atoms. The smallest absolute Gasteiger partial charge is 0.409 e. The first-order chi connectivity index (χ1) is 13.7. The van der Waals surface area contributed by atoms with Gasteiger partial charge in [-0.2, -0.15) is 0 Å². The Morgan fingerprint density at radius 1 is 1.07 bits per heavy atom. The van der Waals surface area contributed by atoms with Crippen LogP contribution in [0.2, 0.25) is 0 Å². The van der Waals surface area contributed by atoms with Gasteiger partial charge < -0.3 is 19.9 Å². The minimum Gasteiger partial charge on any atom is -0.450 e. The van der Waals surface area contributed by atoms with Crippen molar-refractivity contribution < 1.29 is 14.3 Å². The van der Waals surface area contributed by atoms with E-state index in [2.05, 4.69) is 22.4 Å². The Hall–Kier alpha value is -3.09. The zero-order valence-electron chi connectivity index (χ0n) is 16.1. The summed E-state index contributed by atoms with van der Waals surface area (Å²) in [4.78, 5) is 32.1. The second kappa shape index (κ2) is 9.73. The van der Waals surface area contributed by atoms with Crippen LogP contribution >= 0.6 is 0 Å². The Balaban J connectivity index is 1.52. The van der Waals surface area contributed by atoms with Gasteiger partial charge in [0.25, 0.3) is 5.91 Å². The lowest BCUT2D eigenvalue weighted by atomic mass is 10.1. The number of rotatable bonds is 6. The van der Waals surface area contributed by atoms with Gasteiger partial charge >= 0.3 is 6.09 Å². The normalized spacial score (nSPS) is 13.9. The van der Waals surface area contributed by atoms with Gasteiger partial charge in [-0.3, -0.25) is 9.78 Å². The molecule has 0 spiro atoms. The number of carbonyl (C=O) groups excluding carboxylic acids is 2. The molecule has 2 amide bonds. The van der Waals surface area contributed by atoms with Crippen LogP contribution in [0.5, 0.6) is 0 Å². The van der Waals surface area contributed by atoms with Gasteiger partial charge in [-0.25, -0.2) is 4.79 Å². The third-order valence-electron chi connectivity index (χ3n) is 4.66. The number of nitrogens with one attached hydrogen (secondary N) is 1. The minimum absolute atomic E-state index is 0.116. The Bertz CT molecular complexity index is 789. The molecule has 0 radical (unpaired) electrons. The predicted molar refractivity (Wildman–Crippen MR) is 107 cm³/mol. The van der Waals surface area contributed by atoms with Crippen LogP contribution in [0.3, 0.4) is 0 Å². The molecule has 0 aliphatic carbocycles. The van der Waals surface area contributed by atoms with E-state index < -0.39 is 0 Å². The molecule has 1 aliphatic rings. The number of nitrogens with zero attached hydrogens (tertiary/aromatic N) is 3. The van der Waals surface area contributed by atoms with E-state index in [9.17, 15) is 9.59 Å². The largest absolute Gasteiger partial charge is 0.450 e. The van der Waals surface area contributed by atoms with E-state index in [4.69, 9.17) is 4.74 Å². The van der Waals surface area contributed by atoms with Crippen molar-refractivity contribution in [2.24, 2.45) is 0 Å². The molecule has 3 rings (SSSR count). The summed E-state index contributed by atoms with van der Waals surface area (Å²) in [5, 5.41) is 3.35. The zero-order chi connectivity index (χ0) is 19.8. The molecule has 1 aromatic heterocycles. The summed E-state index contributed by atoms with van der Waals surface area (Å²) >= 11 is 0. The van der Waals surface area contributed by atoms with Gasteiger partial charge in [-0.05, 0) is 31.0 Å². The quantitative estimate of drug-likeness (QED) is 0.831. The standard InChI is InChI=1S/C21H26N4O3/c1-2-28-21(27)25-14-12-24(13-15-25)20(26)19-16-18(9-11-23-19)22-10-8-17-6-4-3-5-7-17/h3-7,9,11,16H,2,8,10,12-15H2,1H3,(H,22,23). The Morgan fingerprint density at radius 3 is 2.50 bits per heavy atom. The third-order valence-corrected chi connectivity index (χ3v) is 4.66. The van der Waals surface area contributed by atoms with Crippen molar-refractivity contribution in [2.75, 3.05) is 44.6 Å². The molecule has 1 fully saturated rings. The molecular weight excluding hydrogens is 356 g/mol. The molecule has 2 aromatic rings. The Kier molecular flexibility index (Phi) is 6.84. The van der Waals surface area contributed by atoms with Gasteiger partial charge in [0.05, 0.1) is 6.61 Å². The van der Waals surface area contributed by atoms with Crippen LogP contribution in [0.25, 0.3) is 0 Å². The van der Waals surface area contributed by atoms with Crippen LogP contribution in [0, 0.1) is 0 Å². The molecule has 1 aliphatic heterocycles. The van der Waals surface area contributed by atoms with Gasteiger partial charge in [-0.1, -0.05) is 30.3 Å². The summed E-state index contributed by atoms with van der Waals surface area (Å²) in [6.07, 6.45) is 2.23. The van der Waals surface area contributed by atoms with Gasteiger partial charge in [0.15, 0.2) is 0 Å². The molecule has 0 unspecified atom stereocenters. The molecule has 1 N–H and O–H groups in total. The summed E-state index contributed by atoms with van der Waals surface area (Å²) in [5.74, 6) is -0.116. The minimum atomic E-state index is -0.322. The van der Waals surface area contributed by atoms with E-state index in [1.165, 1.54) is 5.56 Å². The maximum Gasteiger partial charge on any atom is 0.409 e. The maximum atomic E-state index is 12.8. The summed E-state index contributed by atoms with van der Waals surface area (Å²) < 4.78 is 5.01. The van der Waals surface area contributed by atoms with Crippen LogP contribution < -0.4 is 5.32 Å². The molecule has 1 aromatic carbocycles. The van der Waals surface area contributed by atoms with Gasteiger partial charge in [0.2, 0.25) is 0 Å².